The third kappa shape index (κ3) is 2.06. The van der Waals surface area contributed by atoms with Crippen LogP contribution in [-0.4, -0.2) is 31.7 Å². The van der Waals surface area contributed by atoms with Gasteiger partial charge < -0.3 is 10.1 Å². The third-order valence-electron chi connectivity index (χ3n) is 3.36. The minimum absolute atomic E-state index is 0.164. The highest BCUT2D eigenvalue weighted by molar-refractivity contribution is 6.00. The first kappa shape index (κ1) is 12.4. The number of ketones is 1. The SMILES string of the molecule is O=C(C1=COCCC1)C1(C(F)(F)F)CCNC1. The lowest BCUT2D eigenvalue weighted by molar-refractivity contribution is -0.212. The van der Waals surface area contributed by atoms with Crippen LogP contribution in [0, 0.1) is 5.41 Å². The van der Waals surface area contributed by atoms with E-state index in [0.717, 1.165) is 0 Å². The Kier molecular flexibility index (Phi) is 3.16. The van der Waals surface area contributed by atoms with Crippen LogP contribution in [0.3, 0.4) is 0 Å². The second-order valence-corrected chi connectivity index (χ2v) is 4.45. The number of carbonyl (C=O) groups is 1. The first-order chi connectivity index (χ1) is 7.97. The van der Waals surface area contributed by atoms with Gasteiger partial charge in [0.1, 0.15) is 5.41 Å². The highest BCUT2D eigenvalue weighted by Crippen LogP contribution is 2.45. The quantitative estimate of drug-likeness (QED) is 0.810. The molecule has 1 atom stereocenters. The Labute approximate surface area is 97.0 Å². The molecule has 0 aromatic rings. The van der Waals surface area contributed by atoms with Crippen LogP contribution in [-0.2, 0) is 9.53 Å². The topological polar surface area (TPSA) is 38.3 Å². The fourth-order valence-electron chi connectivity index (χ4n) is 2.30. The molecule has 0 saturated carbocycles. The molecule has 3 nitrogen and oxygen atoms in total. The van der Waals surface area contributed by atoms with Crippen molar-refractivity contribution in [3.63, 3.8) is 0 Å². The average Bonchev–Trinajstić information content (AvgIpc) is 2.79. The Hall–Kier alpha value is -1.04. The van der Waals surface area contributed by atoms with Crippen molar-refractivity contribution < 1.29 is 22.7 Å². The zero-order valence-electron chi connectivity index (χ0n) is 9.27. The summed E-state index contributed by atoms with van der Waals surface area (Å²) in [6.45, 7) is 0.361. The molecule has 17 heavy (non-hydrogen) atoms. The smallest absolute Gasteiger partial charge is 0.402 e. The van der Waals surface area contributed by atoms with Crippen molar-refractivity contribution in [3.05, 3.63) is 11.8 Å². The minimum Gasteiger partial charge on any atom is -0.501 e. The molecule has 6 heteroatoms. The first-order valence-electron chi connectivity index (χ1n) is 5.60. The van der Waals surface area contributed by atoms with Gasteiger partial charge in [0.2, 0.25) is 0 Å². The lowest BCUT2D eigenvalue weighted by Gasteiger charge is -2.30. The Morgan fingerprint density at radius 1 is 1.47 bits per heavy atom. The fraction of sp³-hybridized carbons (Fsp3) is 0.727. The van der Waals surface area contributed by atoms with Gasteiger partial charge in [-0.3, -0.25) is 4.79 Å². The summed E-state index contributed by atoms with van der Waals surface area (Å²) < 4.78 is 44.2. The van der Waals surface area contributed by atoms with Gasteiger partial charge in [-0.15, -0.1) is 0 Å². The number of Topliss-reactive ketones (excluding diaryl/α,β-unsaturated/α-hetero) is 1. The minimum atomic E-state index is -4.51. The molecule has 0 spiro atoms. The van der Waals surface area contributed by atoms with E-state index in [-0.39, 0.29) is 25.1 Å². The molecule has 0 aromatic carbocycles. The predicted octanol–water partition coefficient (Wildman–Crippen LogP) is 1.79. The fourth-order valence-corrected chi connectivity index (χ4v) is 2.30. The molecule has 1 N–H and O–H groups in total. The zero-order valence-corrected chi connectivity index (χ0v) is 9.27. The highest BCUT2D eigenvalue weighted by Gasteiger charge is 2.61. The summed E-state index contributed by atoms with van der Waals surface area (Å²) in [7, 11) is 0. The van der Waals surface area contributed by atoms with Crippen molar-refractivity contribution in [2.45, 2.75) is 25.4 Å². The van der Waals surface area contributed by atoms with Gasteiger partial charge >= 0.3 is 6.18 Å². The molecule has 2 aliphatic rings. The van der Waals surface area contributed by atoms with Gasteiger partial charge in [-0.25, -0.2) is 0 Å². The molecule has 2 aliphatic heterocycles. The van der Waals surface area contributed by atoms with Crippen LogP contribution >= 0.6 is 0 Å². The number of ether oxygens (including phenoxy) is 1. The molecule has 0 amide bonds. The van der Waals surface area contributed by atoms with E-state index in [1.807, 2.05) is 0 Å². The van der Waals surface area contributed by atoms with E-state index >= 15 is 0 Å². The largest absolute Gasteiger partial charge is 0.501 e. The maximum atomic E-state index is 13.1. The monoisotopic (exact) mass is 249 g/mol. The van der Waals surface area contributed by atoms with Crippen molar-refractivity contribution in [1.82, 2.24) is 5.32 Å². The number of rotatable bonds is 2. The van der Waals surface area contributed by atoms with Gasteiger partial charge in [0.15, 0.2) is 5.78 Å². The van der Waals surface area contributed by atoms with E-state index < -0.39 is 17.4 Å². The van der Waals surface area contributed by atoms with Crippen LogP contribution in [0.2, 0.25) is 0 Å². The summed E-state index contributed by atoms with van der Waals surface area (Å²) in [4.78, 5) is 12.1. The summed E-state index contributed by atoms with van der Waals surface area (Å²) in [6.07, 6.45) is -2.54. The van der Waals surface area contributed by atoms with Crippen LogP contribution in [0.4, 0.5) is 13.2 Å². The molecule has 0 aromatic heterocycles. The molecule has 0 aliphatic carbocycles. The van der Waals surface area contributed by atoms with Gasteiger partial charge in [-0.05, 0) is 25.8 Å². The highest BCUT2D eigenvalue weighted by atomic mass is 19.4. The summed E-state index contributed by atoms with van der Waals surface area (Å²) in [6, 6.07) is 0. The molecule has 0 bridgehead atoms. The number of alkyl halides is 3. The molecule has 0 radical (unpaired) electrons. The Bertz CT molecular complexity index is 343. The van der Waals surface area contributed by atoms with Crippen LogP contribution in [0.25, 0.3) is 0 Å². The van der Waals surface area contributed by atoms with Crippen LogP contribution < -0.4 is 5.32 Å². The Morgan fingerprint density at radius 3 is 2.71 bits per heavy atom. The van der Waals surface area contributed by atoms with Crippen molar-refractivity contribution in [2.75, 3.05) is 19.7 Å². The summed E-state index contributed by atoms with van der Waals surface area (Å²) in [5, 5.41) is 2.63. The summed E-state index contributed by atoms with van der Waals surface area (Å²) in [5.41, 5.74) is -2.09. The zero-order chi connectivity index (χ0) is 12.5. The standard InChI is InChI=1S/C11H14F3NO2/c12-11(13,14)10(3-4-15-7-10)9(16)8-2-1-5-17-6-8/h6,15H,1-5,7H2. The van der Waals surface area contributed by atoms with Crippen LogP contribution in [0.1, 0.15) is 19.3 Å². The van der Waals surface area contributed by atoms with E-state index in [4.69, 9.17) is 4.74 Å². The lowest BCUT2D eigenvalue weighted by atomic mass is 9.77. The molecular formula is C11H14F3NO2. The van der Waals surface area contributed by atoms with Crippen LogP contribution in [0.15, 0.2) is 11.8 Å². The third-order valence-corrected chi connectivity index (χ3v) is 3.36. The van der Waals surface area contributed by atoms with E-state index in [0.29, 0.717) is 19.4 Å². The van der Waals surface area contributed by atoms with Gasteiger partial charge in [0, 0.05) is 12.1 Å². The van der Waals surface area contributed by atoms with E-state index in [9.17, 15) is 18.0 Å². The first-order valence-corrected chi connectivity index (χ1v) is 5.60. The molecule has 96 valence electrons. The normalized spacial score (nSPS) is 29.7. The molecule has 2 rings (SSSR count). The molecule has 1 saturated heterocycles. The van der Waals surface area contributed by atoms with Crippen molar-refractivity contribution in [1.29, 1.82) is 0 Å². The second-order valence-electron chi connectivity index (χ2n) is 4.45. The predicted molar refractivity (Wildman–Crippen MR) is 54.3 cm³/mol. The van der Waals surface area contributed by atoms with Crippen molar-refractivity contribution >= 4 is 5.78 Å². The maximum Gasteiger partial charge on any atom is 0.402 e. The summed E-state index contributed by atoms with van der Waals surface area (Å²) in [5.74, 6) is -0.824. The molecule has 2 heterocycles. The van der Waals surface area contributed by atoms with E-state index in [1.54, 1.807) is 0 Å². The Morgan fingerprint density at radius 2 is 2.24 bits per heavy atom. The number of nitrogens with one attached hydrogen (secondary N) is 1. The number of carbonyl (C=O) groups excluding carboxylic acids is 1. The van der Waals surface area contributed by atoms with E-state index in [1.165, 1.54) is 6.26 Å². The number of allylic oxidation sites excluding steroid dienone is 1. The molecular weight excluding hydrogens is 235 g/mol. The summed E-state index contributed by atoms with van der Waals surface area (Å²) >= 11 is 0. The number of halogens is 3. The van der Waals surface area contributed by atoms with Gasteiger partial charge in [-0.2, -0.15) is 13.2 Å². The van der Waals surface area contributed by atoms with Gasteiger partial charge in [0.05, 0.1) is 12.9 Å². The van der Waals surface area contributed by atoms with Crippen LogP contribution in [0.5, 0.6) is 0 Å². The van der Waals surface area contributed by atoms with Gasteiger partial charge in [0.25, 0.3) is 0 Å². The number of hydrogen-bond acceptors (Lipinski definition) is 3. The van der Waals surface area contributed by atoms with Crippen molar-refractivity contribution in [3.8, 4) is 0 Å². The average molecular weight is 249 g/mol. The van der Waals surface area contributed by atoms with E-state index in [2.05, 4.69) is 5.32 Å². The Balaban J connectivity index is 2.28. The lowest BCUT2D eigenvalue weighted by Crippen LogP contribution is -2.47. The van der Waals surface area contributed by atoms with Gasteiger partial charge in [-0.1, -0.05) is 0 Å². The second kappa shape index (κ2) is 4.33. The molecule has 1 unspecified atom stereocenters. The molecule has 1 fully saturated rings. The van der Waals surface area contributed by atoms with Crippen molar-refractivity contribution in [2.24, 2.45) is 5.41 Å². The number of hydrogen-bond donors (Lipinski definition) is 1. The maximum absolute atomic E-state index is 13.1.